The van der Waals surface area contributed by atoms with Crippen molar-refractivity contribution >= 4 is 34.0 Å². The molecule has 1 aromatic carbocycles. The van der Waals surface area contributed by atoms with Gasteiger partial charge in [-0.15, -0.1) is 11.3 Å². The molecule has 120 valence electrons. The number of nitrogens with zero attached hydrogens (tertiary/aromatic N) is 1. The third kappa shape index (κ3) is 3.34. The van der Waals surface area contributed by atoms with Crippen LogP contribution in [0.3, 0.4) is 0 Å². The number of carbonyl (C=O) groups excluding carboxylic acids is 1. The number of hydrogen-bond acceptors (Lipinski definition) is 7. The average molecular weight is 335 g/mol. The van der Waals surface area contributed by atoms with E-state index in [-0.39, 0.29) is 12.5 Å². The Hall–Kier alpha value is -2.81. The van der Waals surface area contributed by atoms with Crippen LogP contribution in [0.2, 0.25) is 0 Å². The van der Waals surface area contributed by atoms with E-state index < -0.39 is 17.9 Å². The number of carboxylic acids is 1. The maximum absolute atomic E-state index is 11.9. The molecule has 1 aliphatic rings. The van der Waals surface area contributed by atoms with E-state index in [4.69, 9.17) is 14.6 Å². The summed E-state index contributed by atoms with van der Waals surface area (Å²) in [5.41, 5.74) is 0.904. The Morgan fingerprint density at radius 3 is 2.91 bits per heavy atom. The first-order valence-corrected chi connectivity index (χ1v) is 7.57. The van der Waals surface area contributed by atoms with Crippen LogP contribution in [-0.4, -0.2) is 34.8 Å². The number of hydrogen-bond donors (Lipinski definition) is 3. The summed E-state index contributed by atoms with van der Waals surface area (Å²) in [5.74, 6) is -0.320. The summed E-state index contributed by atoms with van der Waals surface area (Å²) >= 11 is 1.24. The van der Waals surface area contributed by atoms with Crippen LogP contribution in [0.4, 0.5) is 10.8 Å². The third-order valence-corrected chi connectivity index (χ3v) is 3.84. The topological polar surface area (TPSA) is 110 Å². The number of ether oxygens (including phenoxy) is 2. The first-order valence-electron chi connectivity index (χ1n) is 6.69. The molecule has 23 heavy (non-hydrogen) atoms. The van der Waals surface area contributed by atoms with Crippen LogP contribution in [0, 0.1) is 0 Å². The summed E-state index contributed by atoms with van der Waals surface area (Å²) in [4.78, 5) is 26.8. The molecule has 0 aliphatic carbocycles. The lowest BCUT2D eigenvalue weighted by Crippen LogP contribution is -2.38. The number of fused-ring (bicyclic) bond motifs is 1. The molecule has 0 fully saturated rings. The van der Waals surface area contributed by atoms with Crippen LogP contribution < -0.4 is 20.1 Å². The summed E-state index contributed by atoms with van der Waals surface area (Å²) in [6.07, 6.45) is 0. The highest BCUT2D eigenvalue weighted by Crippen LogP contribution is 2.35. The minimum Gasteiger partial charge on any atom is -0.480 e. The van der Waals surface area contributed by atoms with E-state index in [0.29, 0.717) is 16.6 Å². The molecular formula is C14H13N3O5S. The minimum absolute atomic E-state index is 0.159. The molecule has 1 aliphatic heterocycles. The predicted molar refractivity (Wildman–Crippen MR) is 82.5 cm³/mol. The Bertz CT molecular complexity index is 761. The van der Waals surface area contributed by atoms with Crippen molar-refractivity contribution in [3.8, 4) is 11.5 Å². The highest BCUT2D eigenvalue weighted by molar-refractivity contribution is 7.14. The molecule has 0 radical (unpaired) electrons. The molecule has 8 nitrogen and oxygen atoms in total. The van der Waals surface area contributed by atoms with Gasteiger partial charge in [0, 0.05) is 17.1 Å². The predicted octanol–water partition coefficient (Wildman–Crippen LogP) is 1.82. The molecular weight excluding hydrogens is 322 g/mol. The molecule has 3 rings (SSSR count). The average Bonchev–Trinajstić information content (AvgIpc) is 3.15. The number of nitrogens with one attached hydrogen (secondary N) is 2. The van der Waals surface area contributed by atoms with E-state index >= 15 is 0 Å². The van der Waals surface area contributed by atoms with Gasteiger partial charge in [-0.2, -0.15) is 0 Å². The summed E-state index contributed by atoms with van der Waals surface area (Å²) in [5, 5.41) is 16.3. The lowest BCUT2D eigenvalue weighted by Gasteiger charge is -2.07. The fourth-order valence-electron chi connectivity index (χ4n) is 1.87. The Kier molecular flexibility index (Phi) is 4.02. The van der Waals surface area contributed by atoms with E-state index in [2.05, 4.69) is 15.6 Å². The number of carboxylic acid groups (broad SMARTS) is 1. The van der Waals surface area contributed by atoms with Gasteiger partial charge in [0.2, 0.25) is 6.79 Å². The van der Waals surface area contributed by atoms with Crippen molar-refractivity contribution in [2.24, 2.45) is 0 Å². The summed E-state index contributed by atoms with van der Waals surface area (Å²) in [6, 6.07) is 4.38. The molecule has 1 aromatic heterocycles. The van der Waals surface area contributed by atoms with Gasteiger partial charge >= 0.3 is 5.97 Å². The summed E-state index contributed by atoms with van der Waals surface area (Å²) < 4.78 is 10.5. The van der Waals surface area contributed by atoms with E-state index in [1.807, 2.05) is 0 Å². The number of benzene rings is 1. The SMILES string of the molecule is CC(NC(=O)c1csc(Nc2ccc3c(c2)OCO3)n1)C(=O)O. The molecule has 1 atom stereocenters. The molecule has 3 N–H and O–H groups in total. The Labute approximate surface area is 135 Å². The minimum atomic E-state index is -1.10. The monoisotopic (exact) mass is 335 g/mol. The first kappa shape index (κ1) is 15.1. The molecule has 0 saturated carbocycles. The standard InChI is InChI=1S/C14H13N3O5S/c1-7(13(19)20)15-12(18)9-5-23-14(17-9)16-8-2-3-10-11(4-8)22-6-21-10/h2-5,7H,6H2,1H3,(H,15,18)(H,16,17)(H,19,20). The van der Waals surface area contributed by atoms with E-state index in [9.17, 15) is 9.59 Å². The molecule has 9 heteroatoms. The van der Waals surface area contributed by atoms with Gasteiger partial charge in [-0.1, -0.05) is 0 Å². The zero-order valence-electron chi connectivity index (χ0n) is 12.0. The Morgan fingerprint density at radius 1 is 1.35 bits per heavy atom. The number of carbonyl (C=O) groups is 2. The molecule has 0 bridgehead atoms. The van der Waals surface area contributed by atoms with Crippen molar-refractivity contribution in [3.63, 3.8) is 0 Å². The van der Waals surface area contributed by atoms with Crippen LogP contribution >= 0.6 is 11.3 Å². The molecule has 0 saturated heterocycles. The molecule has 0 spiro atoms. The number of aliphatic carboxylic acids is 1. The summed E-state index contributed by atoms with van der Waals surface area (Å²) in [7, 11) is 0. The van der Waals surface area contributed by atoms with Crippen LogP contribution in [0.5, 0.6) is 11.5 Å². The van der Waals surface area contributed by atoms with Crippen LogP contribution in [0.1, 0.15) is 17.4 Å². The molecule has 1 amide bonds. The van der Waals surface area contributed by atoms with Crippen molar-refractivity contribution in [2.75, 3.05) is 12.1 Å². The lowest BCUT2D eigenvalue weighted by molar-refractivity contribution is -0.138. The number of rotatable bonds is 5. The van der Waals surface area contributed by atoms with Gasteiger partial charge < -0.3 is 25.2 Å². The largest absolute Gasteiger partial charge is 0.480 e. The van der Waals surface area contributed by atoms with E-state index in [1.165, 1.54) is 18.3 Å². The van der Waals surface area contributed by atoms with Crippen molar-refractivity contribution in [3.05, 3.63) is 29.3 Å². The highest BCUT2D eigenvalue weighted by atomic mass is 32.1. The second-order valence-electron chi connectivity index (χ2n) is 4.76. The van der Waals surface area contributed by atoms with Gasteiger partial charge in [0.25, 0.3) is 5.91 Å². The van der Waals surface area contributed by atoms with Crippen molar-refractivity contribution < 1.29 is 24.2 Å². The first-order chi connectivity index (χ1) is 11.0. The van der Waals surface area contributed by atoms with Crippen molar-refractivity contribution in [2.45, 2.75) is 13.0 Å². The molecule has 1 unspecified atom stereocenters. The van der Waals surface area contributed by atoms with Gasteiger partial charge in [-0.05, 0) is 19.1 Å². The second kappa shape index (κ2) is 6.13. The van der Waals surface area contributed by atoms with Crippen LogP contribution in [-0.2, 0) is 4.79 Å². The Morgan fingerprint density at radius 2 is 2.13 bits per heavy atom. The van der Waals surface area contributed by atoms with Gasteiger partial charge in [-0.3, -0.25) is 9.59 Å². The quantitative estimate of drug-likeness (QED) is 0.764. The van der Waals surface area contributed by atoms with E-state index in [1.54, 1.807) is 23.6 Å². The van der Waals surface area contributed by atoms with Crippen molar-refractivity contribution in [1.82, 2.24) is 10.3 Å². The number of anilines is 2. The summed E-state index contributed by atoms with van der Waals surface area (Å²) in [6.45, 7) is 1.58. The maximum atomic E-state index is 11.9. The van der Waals surface area contributed by atoms with Gasteiger partial charge in [-0.25, -0.2) is 4.98 Å². The highest BCUT2D eigenvalue weighted by Gasteiger charge is 2.18. The molecule has 2 heterocycles. The number of aromatic nitrogens is 1. The normalized spacial score (nSPS) is 13.4. The van der Waals surface area contributed by atoms with E-state index in [0.717, 1.165) is 5.69 Å². The fourth-order valence-corrected chi connectivity index (χ4v) is 2.58. The van der Waals surface area contributed by atoms with Crippen LogP contribution in [0.15, 0.2) is 23.6 Å². The Balaban J connectivity index is 1.67. The van der Waals surface area contributed by atoms with Crippen molar-refractivity contribution in [1.29, 1.82) is 0 Å². The molecule has 2 aromatic rings. The fraction of sp³-hybridized carbons (Fsp3) is 0.214. The zero-order valence-corrected chi connectivity index (χ0v) is 12.8. The number of thiazole rings is 1. The van der Waals surface area contributed by atoms with Crippen LogP contribution in [0.25, 0.3) is 0 Å². The second-order valence-corrected chi connectivity index (χ2v) is 5.62. The van der Waals surface area contributed by atoms with Gasteiger partial charge in [0.1, 0.15) is 11.7 Å². The lowest BCUT2D eigenvalue weighted by atomic mass is 10.3. The third-order valence-electron chi connectivity index (χ3n) is 3.08. The van der Waals surface area contributed by atoms with Gasteiger partial charge in [0.15, 0.2) is 16.6 Å². The zero-order chi connectivity index (χ0) is 16.4. The maximum Gasteiger partial charge on any atom is 0.325 e. The van der Waals surface area contributed by atoms with Gasteiger partial charge in [0.05, 0.1) is 0 Å². The smallest absolute Gasteiger partial charge is 0.325 e. The number of amides is 1.